The van der Waals surface area contributed by atoms with Gasteiger partial charge in [-0.25, -0.2) is 24.5 Å². The summed E-state index contributed by atoms with van der Waals surface area (Å²) in [6.45, 7) is 8.74. The largest absolute Gasteiger partial charge is 0.453 e. The molecule has 4 unspecified atom stereocenters. The number of amides is 4. The molecule has 4 atom stereocenters. The molecule has 2 fully saturated rings. The Labute approximate surface area is 324 Å². The van der Waals surface area contributed by atoms with Crippen molar-refractivity contribution in [1.29, 1.82) is 0 Å². The quantitative estimate of drug-likeness (QED) is 0.113. The van der Waals surface area contributed by atoms with Gasteiger partial charge >= 0.3 is 12.2 Å². The fraction of sp³-hybridized carbons (Fsp3) is 0.500. The minimum absolute atomic E-state index is 0.108. The van der Waals surface area contributed by atoms with Gasteiger partial charge in [0.25, 0.3) is 0 Å². The van der Waals surface area contributed by atoms with Gasteiger partial charge in [0.2, 0.25) is 11.8 Å². The lowest BCUT2D eigenvalue weighted by molar-refractivity contribution is -0.136. The van der Waals surface area contributed by atoms with E-state index in [1.807, 2.05) is 39.8 Å². The van der Waals surface area contributed by atoms with Gasteiger partial charge in [0.05, 0.1) is 54.8 Å². The van der Waals surface area contributed by atoms with Gasteiger partial charge in [-0.15, -0.1) is 11.3 Å². The number of aromatic amines is 2. The number of aromatic nitrogens is 5. The molecule has 2 saturated heterocycles. The molecule has 16 nitrogen and oxygen atoms in total. The molecule has 4 aromatic rings. The topological polar surface area (TPSA) is 200 Å². The summed E-state index contributed by atoms with van der Waals surface area (Å²) < 4.78 is 9.50. The van der Waals surface area contributed by atoms with E-state index in [1.54, 1.807) is 39.0 Å². The summed E-state index contributed by atoms with van der Waals surface area (Å²) in [6, 6.07) is 6.41. The van der Waals surface area contributed by atoms with Gasteiger partial charge in [0.15, 0.2) is 0 Å². The lowest BCUT2D eigenvalue weighted by Gasteiger charge is -2.30. The van der Waals surface area contributed by atoms with E-state index in [4.69, 9.17) is 9.47 Å². The van der Waals surface area contributed by atoms with Crippen molar-refractivity contribution in [3.8, 4) is 11.3 Å². The van der Waals surface area contributed by atoms with Gasteiger partial charge in [-0.1, -0.05) is 52.0 Å². The normalized spacial score (nSPS) is 18.0. The minimum Gasteiger partial charge on any atom is -0.453 e. The zero-order valence-electron chi connectivity index (χ0n) is 32.0. The van der Waals surface area contributed by atoms with Crippen LogP contribution in [0.3, 0.4) is 0 Å². The summed E-state index contributed by atoms with van der Waals surface area (Å²) in [7, 11) is 2.57. The van der Waals surface area contributed by atoms with E-state index >= 15 is 0 Å². The van der Waals surface area contributed by atoms with Gasteiger partial charge in [-0.05, 0) is 48.6 Å². The fourth-order valence-corrected chi connectivity index (χ4v) is 7.97. The Morgan fingerprint density at radius 1 is 0.800 bits per heavy atom. The first kappa shape index (κ1) is 39.2. The minimum atomic E-state index is -0.703. The lowest BCUT2D eigenvalue weighted by atomic mass is 10.0. The number of thiazole rings is 1. The van der Waals surface area contributed by atoms with Gasteiger partial charge in [-0.3, -0.25) is 9.59 Å². The number of hydrogen-bond acceptors (Lipinski definition) is 11. The number of rotatable bonds is 13. The third-order valence-corrected chi connectivity index (χ3v) is 11.0. The van der Waals surface area contributed by atoms with Gasteiger partial charge in [-0.2, -0.15) is 0 Å². The summed E-state index contributed by atoms with van der Waals surface area (Å²) >= 11 is 1.56. The fourth-order valence-electron chi connectivity index (χ4n) is 7.22. The molecule has 2 aliphatic rings. The molecular weight excluding hydrogens is 725 g/mol. The number of ether oxygens (including phenoxy) is 2. The van der Waals surface area contributed by atoms with Crippen LogP contribution in [0.2, 0.25) is 0 Å². The van der Waals surface area contributed by atoms with E-state index in [9.17, 15) is 19.2 Å². The smallest absolute Gasteiger partial charge is 0.407 e. The average molecular weight is 775 g/mol. The van der Waals surface area contributed by atoms with Crippen molar-refractivity contribution in [2.45, 2.75) is 84.0 Å². The summed E-state index contributed by atoms with van der Waals surface area (Å²) in [5.74, 6) is 2.25. The third kappa shape index (κ3) is 8.93. The van der Waals surface area contributed by atoms with Crippen LogP contribution in [0.5, 0.6) is 0 Å². The van der Waals surface area contributed by atoms with Crippen LogP contribution < -0.4 is 16.0 Å². The number of carbonyl (C=O) groups is 4. The Bertz CT molecular complexity index is 1960. The van der Waals surface area contributed by atoms with Crippen molar-refractivity contribution in [3.05, 3.63) is 64.3 Å². The average Bonchev–Trinajstić information content (AvgIpc) is 4.02. The van der Waals surface area contributed by atoms with Crippen molar-refractivity contribution in [1.82, 2.24) is 45.4 Å². The second kappa shape index (κ2) is 17.3. The zero-order chi connectivity index (χ0) is 39.2. The highest BCUT2D eigenvalue weighted by molar-refractivity contribution is 7.10. The van der Waals surface area contributed by atoms with E-state index in [0.717, 1.165) is 59.0 Å². The predicted molar refractivity (Wildman–Crippen MR) is 207 cm³/mol. The van der Waals surface area contributed by atoms with Crippen LogP contribution in [0.15, 0.2) is 42.2 Å². The zero-order valence-corrected chi connectivity index (χ0v) is 32.9. The standard InChI is InChI=1S/C38H50N10O6S/c1-21(2)30(45-37(51)53-5)35(49)47-15-7-9-26(47)32-39-18-25(42-32)24-13-11-23(12-14-24)17-28-34(41-20-55-28)44-29-19-40-33(43-29)27-10-8-16-48(27)36(50)31(22(3)4)46-38(52)54-6/h11-14,18-22,26-27,30-31,44H,7-10,15-17H2,1-6H3,(H,39,42)(H,40,43)(H,45,51)(H,46,52). The Hall–Kier alpha value is -5.45. The lowest BCUT2D eigenvalue weighted by Crippen LogP contribution is -2.51. The van der Waals surface area contributed by atoms with Crippen LogP contribution in [-0.2, 0) is 25.5 Å². The van der Waals surface area contributed by atoms with Crippen LogP contribution in [-0.4, -0.2) is 98.1 Å². The highest BCUT2D eigenvalue weighted by Crippen LogP contribution is 2.35. The number of alkyl carbamates (subject to hydrolysis) is 2. The molecule has 0 saturated carbocycles. The molecule has 0 bridgehead atoms. The number of methoxy groups -OCH3 is 2. The highest BCUT2D eigenvalue weighted by Gasteiger charge is 2.39. The second-order valence-corrected chi connectivity index (χ2v) is 15.5. The Kier molecular flexibility index (Phi) is 12.4. The number of H-pyrrole nitrogens is 2. The van der Waals surface area contributed by atoms with Crippen molar-refractivity contribution in [2.24, 2.45) is 11.8 Å². The van der Waals surface area contributed by atoms with Crippen LogP contribution >= 0.6 is 11.3 Å². The number of nitrogens with zero attached hydrogens (tertiary/aromatic N) is 5. The van der Waals surface area contributed by atoms with Crippen LogP contribution in [0.25, 0.3) is 11.3 Å². The molecule has 4 amide bonds. The molecular formula is C38H50N10O6S. The molecule has 2 aliphatic heterocycles. The maximum absolute atomic E-state index is 13.5. The van der Waals surface area contributed by atoms with Crippen LogP contribution in [0, 0.1) is 11.8 Å². The summed E-state index contributed by atoms with van der Waals surface area (Å²) in [4.78, 5) is 76.2. The van der Waals surface area contributed by atoms with E-state index < -0.39 is 24.3 Å². The third-order valence-electron chi connectivity index (χ3n) is 10.2. The Morgan fingerprint density at radius 2 is 1.35 bits per heavy atom. The number of nitrogens with one attached hydrogen (secondary N) is 5. The van der Waals surface area contributed by atoms with Crippen LogP contribution in [0.1, 0.15) is 87.6 Å². The number of anilines is 2. The van der Waals surface area contributed by atoms with E-state index in [-0.39, 0.29) is 35.7 Å². The molecule has 17 heteroatoms. The van der Waals surface area contributed by atoms with Gasteiger partial charge in [0.1, 0.15) is 35.4 Å². The molecule has 6 rings (SSSR count). The Balaban J connectivity index is 1.08. The number of imidazole rings is 2. The maximum Gasteiger partial charge on any atom is 0.407 e. The Morgan fingerprint density at radius 3 is 1.89 bits per heavy atom. The molecule has 0 radical (unpaired) electrons. The highest BCUT2D eigenvalue weighted by atomic mass is 32.1. The number of carbonyl (C=O) groups excluding carboxylic acids is 4. The molecule has 1 aromatic carbocycles. The molecule has 5 heterocycles. The molecule has 294 valence electrons. The van der Waals surface area contributed by atoms with Gasteiger partial charge in [0, 0.05) is 19.5 Å². The number of likely N-dealkylation sites (tertiary alicyclic amines) is 2. The monoisotopic (exact) mass is 774 g/mol. The van der Waals surface area contributed by atoms with Crippen molar-refractivity contribution in [2.75, 3.05) is 32.6 Å². The molecule has 5 N–H and O–H groups in total. The first-order valence-electron chi connectivity index (χ1n) is 18.7. The van der Waals surface area contributed by atoms with Gasteiger partial charge < -0.3 is 45.2 Å². The summed E-state index contributed by atoms with van der Waals surface area (Å²) in [5, 5.41) is 8.75. The number of benzene rings is 1. The first-order valence-corrected chi connectivity index (χ1v) is 19.5. The van der Waals surface area contributed by atoms with Crippen molar-refractivity contribution >= 4 is 47.0 Å². The van der Waals surface area contributed by atoms with E-state index in [2.05, 4.69) is 53.0 Å². The number of hydrogen-bond donors (Lipinski definition) is 5. The predicted octanol–water partition coefficient (Wildman–Crippen LogP) is 5.68. The summed E-state index contributed by atoms with van der Waals surface area (Å²) in [5.41, 5.74) is 4.73. The second-order valence-electron chi connectivity index (χ2n) is 14.6. The van der Waals surface area contributed by atoms with E-state index in [1.165, 1.54) is 14.2 Å². The molecule has 0 spiro atoms. The van der Waals surface area contributed by atoms with Crippen molar-refractivity contribution < 1.29 is 28.7 Å². The SMILES string of the molecule is COC(=O)NC(C(=O)N1CCCC1c1ncc(Nc2ncsc2Cc2ccc(-c3cnc(C4CCCN4C(=O)C(NC(=O)OC)C(C)C)[nH]3)cc2)[nH]1)C(C)C. The molecule has 0 aliphatic carbocycles. The molecule has 3 aromatic heterocycles. The first-order chi connectivity index (χ1) is 26.5. The maximum atomic E-state index is 13.5. The van der Waals surface area contributed by atoms with E-state index in [0.29, 0.717) is 31.2 Å². The van der Waals surface area contributed by atoms with Crippen molar-refractivity contribution in [3.63, 3.8) is 0 Å². The summed E-state index contributed by atoms with van der Waals surface area (Å²) in [6.07, 6.45) is 6.11. The van der Waals surface area contributed by atoms with Crippen LogP contribution in [0.4, 0.5) is 21.2 Å². The molecule has 55 heavy (non-hydrogen) atoms.